The number of aromatic carboxylic acids is 1. The molecule has 108 valence electrons. The van der Waals surface area contributed by atoms with Crippen molar-refractivity contribution in [2.75, 3.05) is 24.5 Å². The number of carboxylic acid groups (broad SMARTS) is 1. The monoisotopic (exact) mass is 276 g/mol. The van der Waals surface area contributed by atoms with Gasteiger partial charge < -0.3 is 10.0 Å². The van der Waals surface area contributed by atoms with Gasteiger partial charge in [-0.1, -0.05) is 0 Å². The van der Waals surface area contributed by atoms with Gasteiger partial charge in [-0.05, 0) is 33.2 Å². The highest BCUT2D eigenvalue weighted by Gasteiger charge is 2.35. The summed E-state index contributed by atoms with van der Waals surface area (Å²) >= 11 is 0. The first-order valence-electron chi connectivity index (χ1n) is 7.14. The molecule has 0 aliphatic carbocycles. The van der Waals surface area contributed by atoms with Crippen molar-refractivity contribution in [1.29, 1.82) is 0 Å². The molecule has 2 aliphatic rings. The highest BCUT2D eigenvalue weighted by molar-refractivity contribution is 5.88. The number of rotatable bonds is 2. The van der Waals surface area contributed by atoms with Crippen LogP contribution in [0.25, 0.3) is 0 Å². The van der Waals surface area contributed by atoms with E-state index in [-0.39, 0.29) is 5.56 Å². The second kappa shape index (κ2) is 5.01. The number of piperazine rings is 1. The van der Waals surface area contributed by atoms with E-state index in [0.29, 0.717) is 23.7 Å². The Labute approximate surface area is 118 Å². The van der Waals surface area contributed by atoms with E-state index in [1.54, 1.807) is 6.92 Å². The Morgan fingerprint density at radius 1 is 1.45 bits per heavy atom. The van der Waals surface area contributed by atoms with Crippen molar-refractivity contribution >= 4 is 11.9 Å². The first-order valence-corrected chi connectivity index (χ1v) is 7.14. The van der Waals surface area contributed by atoms with Crippen LogP contribution in [-0.2, 0) is 0 Å². The molecule has 3 rings (SSSR count). The number of carbonyl (C=O) groups is 1. The molecule has 0 aromatic carbocycles. The van der Waals surface area contributed by atoms with Gasteiger partial charge in [-0.25, -0.2) is 14.8 Å². The van der Waals surface area contributed by atoms with Gasteiger partial charge in [-0.15, -0.1) is 0 Å². The highest BCUT2D eigenvalue weighted by Crippen LogP contribution is 2.27. The van der Waals surface area contributed by atoms with Gasteiger partial charge in [0, 0.05) is 31.4 Å². The van der Waals surface area contributed by atoms with E-state index in [1.807, 2.05) is 0 Å². The van der Waals surface area contributed by atoms with Crippen molar-refractivity contribution in [2.24, 2.45) is 0 Å². The summed E-state index contributed by atoms with van der Waals surface area (Å²) in [4.78, 5) is 24.4. The predicted octanol–water partition coefficient (Wildman–Crippen LogP) is 1.16. The lowest BCUT2D eigenvalue weighted by Gasteiger charge is -2.42. The molecule has 2 atom stereocenters. The fraction of sp³-hybridized carbons (Fsp3) is 0.643. The molecule has 6 heteroatoms. The fourth-order valence-electron chi connectivity index (χ4n) is 3.27. The molecule has 1 aromatic rings. The van der Waals surface area contributed by atoms with Crippen molar-refractivity contribution in [3.63, 3.8) is 0 Å². The lowest BCUT2D eigenvalue weighted by atomic mass is 10.1. The largest absolute Gasteiger partial charge is 0.478 e. The third-order valence-corrected chi connectivity index (χ3v) is 4.39. The van der Waals surface area contributed by atoms with E-state index in [0.717, 1.165) is 13.1 Å². The minimum Gasteiger partial charge on any atom is -0.478 e. The molecule has 6 nitrogen and oxygen atoms in total. The molecule has 2 unspecified atom stereocenters. The van der Waals surface area contributed by atoms with Gasteiger partial charge in [0.15, 0.2) is 0 Å². The quantitative estimate of drug-likeness (QED) is 0.874. The van der Waals surface area contributed by atoms with Gasteiger partial charge in [0.1, 0.15) is 0 Å². The Bertz CT molecular complexity index is 534. The molecule has 1 aromatic heterocycles. The van der Waals surface area contributed by atoms with Crippen LogP contribution in [0.3, 0.4) is 0 Å². The summed E-state index contributed by atoms with van der Waals surface area (Å²) in [7, 11) is 0. The van der Waals surface area contributed by atoms with Crippen LogP contribution in [0.5, 0.6) is 0 Å². The van der Waals surface area contributed by atoms with Gasteiger partial charge in [0.25, 0.3) is 0 Å². The standard InChI is InChI=1S/C14H20N4O2/c1-9-7-17-5-3-4-11(17)8-18(9)14-15-6-12(13(19)20)10(2)16-14/h6,9,11H,3-5,7-8H2,1-2H3,(H,19,20). The molecular weight excluding hydrogens is 256 g/mol. The Morgan fingerprint density at radius 2 is 2.25 bits per heavy atom. The van der Waals surface area contributed by atoms with E-state index in [2.05, 4.69) is 26.7 Å². The number of hydrogen-bond donors (Lipinski definition) is 1. The second-order valence-corrected chi connectivity index (χ2v) is 5.77. The van der Waals surface area contributed by atoms with Crippen LogP contribution in [0.15, 0.2) is 6.20 Å². The van der Waals surface area contributed by atoms with Gasteiger partial charge in [-0.3, -0.25) is 4.90 Å². The second-order valence-electron chi connectivity index (χ2n) is 5.77. The Hall–Kier alpha value is -1.69. The summed E-state index contributed by atoms with van der Waals surface area (Å²) < 4.78 is 0. The Kier molecular flexibility index (Phi) is 3.33. The Morgan fingerprint density at radius 3 is 2.95 bits per heavy atom. The van der Waals surface area contributed by atoms with Gasteiger partial charge in [0.2, 0.25) is 5.95 Å². The lowest BCUT2D eigenvalue weighted by Crippen LogP contribution is -2.55. The summed E-state index contributed by atoms with van der Waals surface area (Å²) in [5.74, 6) is -0.311. The van der Waals surface area contributed by atoms with E-state index in [9.17, 15) is 4.79 Å². The van der Waals surface area contributed by atoms with Crippen LogP contribution >= 0.6 is 0 Å². The molecule has 0 radical (unpaired) electrons. The highest BCUT2D eigenvalue weighted by atomic mass is 16.4. The molecule has 0 saturated carbocycles. The molecule has 1 N–H and O–H groups in total. The predicted molar refractivity (Wildman–Crippen MR) is 75.1 cm³/mol. The first kappa shape index (κ1) is 13.3. The number of nitrogens with zero attached hydrogens (tertiary/aromatic N) is 4. The number of carboxylic acids is 1. The SMILES string of the molecule is Cc1nc(N2CC3CCCN3CC2C)ncc1C(=O)O. The van der Waals surface area contributed by atoms with Crippen LogP contribution in [0, 0.1) is 6.92 Å². The fourth-order valence-corrected chi connectivity index (χ4v) is 3.27. The van der Waals surface area contributed by atoms with Crippen LogP contribution in [0.4, 0.5) is 5.95 Å². The minimum absolute atomic E-state index is 0.181. The molecule has 0 amide bonds. The number of aryl methyl sites for hydroxylation is 1. The maximum atomic E-state index is 11.0. The molecule has 20 heavy (non-hydrogen) atoms. The van der Waals surface area contributed by atoms with E-state index in [4.69, 9.17) is 5.11 Å². The van der Waals surface area contributed by atoms with Gasteiger partial charge in [0.05, 0.1) is 11.3 Å². The summed E-state index contributed by atoms with van der Waals surface area (Å²) in [6, 6.07) is 0.952. The molecule has 0 bridgehead atoms. The zero-order chi connectivity index (χ0) is 14.3. The molecule has 2 saturated heterocycles. The smallest absolute Gasteiger partial charge is 0.339 e. The summed E-state index contributed by atoms with van der Waals surface area (Å²) in [5, 5.41) is 9.04. The average molecular weight is 276 g/mol. The number of aromatic nitrogens is 2. The van der Waals surface area contributed by atoms with Crippen LogP contribution < -0.4 is 4.90 Å². The van der Waals surface area contributed by atoms with Crippen molar-refractivity contribution in [2.45, 2.75) is 38.8 Å². The van der Waals surface area contributed by atoms with Crippen LogP contribution in [0.2, 0.25) is 0 Å². The maximum absolute atomic E-state index is 11.0. The first-order chi connectivity index (χ1) is 9.56. The molecule has 0 spiro atoms. The maximum Gasteiger partial charge on any atom is 0.339 e. The molecule has 2 fully saturated rings. The van der Waals surface area contributed by atoms with Crippen LogP contribution in [-0.4, -0.2) is 57.7 Å². The molecular formula is C14H20N4O2. The molecule has 3 heterocycles. The third-order valence-electron chi connectivity index (χ3n) is 4.39. The Balaban J connectivity index is 1.85. The number of fused-ring (bicyclic) bond motifs is 1. The average Bonchev–Trinajstić information content (AvgIpc) is 2.84. The van der Waals surface area contributed by atoms with Gasteiger partial charge in [-0.2, -0.15) is 0 Å². The zero-order valence-corrected chi connectivity index (χ0v) is 11.9. The normalized spacial score (nSPS) is 26.6. The molecule has 2 aliphatic heterocycles. The lowest BCUT2D eigenvalue weighted by molar-refractivity contribution is 0.0695. The van der Waals surface area contributed by atoms with Crippen LogP contribution in [0.1, 0.15) is 35.8 Å². The summed E-state index contributed by atoms with van der Waals surface area (Å²) in [6.07, 6.45) is 3.92. The topological polar surface area (TPSA) is 69.6 Å². The van der Waals surface area contributed by atoms with Crippen molar-refractivity contribution < 1.29 is 9.90 Å². The number of hydrogen-bond acceptors (Lipinski definition) is 5. The number of anilines is 1. The third kappa shape index (κ3) is 2.24. The summed E-state index contributed by atoms with van der Waals surface area (Å²) in [6.45, 7) is 7.07. The van der Waals surface area contributed by atoms with Gasteiger partial charge >= 0.3 is 5.97 Å². The van der Waals surface area contributed by atoms with Crippen molar-refractivity contribution in [1.82, 2.24) is 14.9 Å². The van der Waals surface area contributed by atoms with E-state index in [1.165, 1.54) is 25.6 Å². The zero-order valence-electron chi connectivity index (χ0n) is 11.9. The van der Waals surface area contributed by atoms with E-state index < -0.39 is 5.97 Å². The minimum atomic E-state index is -0.970. The van der Waals surface area contributed by atoms with E-state index >= 15 is 0 Å². The van der Waals surface area contributed by atoms with Crippen molar-refractivity contribution in [3.8, 4) is 0 Å². The van der Waals surface area contributed by atoms with Crippen molar-refractivity contribution in [3.05, 3.63) is 17.5 Å². The summed E-state index contributed by atoms with van der Waals surface area (Å²) in [5.41, 5.74) is 0.712.